The molecule has 0 amide bonds. The number of aromatic nitrogens is 3. The highest BCUT2D eigenvalue weighted by Gasteiger charge is 2.26. The first-order valence-electron chi connectivity index (χ1n) is 9.90. The molecule has 0 aliphatic carbocycles. The molecule has 7 nitrogen and oxygen atoms in total. The summed E-state index contributed by atoms with van der Waals surface area (Å²) in [5.41, 5.74) is 2.98. The molecule has 0 aliphatic heterocycles. The summed E-state index contributed by atoms with van der Waals surface area (Å²) in [7, 11) is 0. The smallest absolute Gasteiger partial charge is 0.206 e. The standard InChI is InChI=1S/C23H27N3O4/c1-22(2,3)10-11-9-13-12(7-8-14(24-13)23(4,5)6)21-25-15-16(26(11)21)18(28)20(30)19(29)17(15)27/h7-9,27-30H,10H2,1-6H3. The van der Waals surface area contributed by atoms with E-state index < -0.39 is 23.0 Å². The van der Waals surface area contributed by atoms with Gasteiger partial charge in [0.05, 0.1) is 5.52 Å². The van der Waals surface area contributed by atoms with E-state index in [0.29, 0.717) is 12.1 Å². The summed E-state index contributed by atoms with van der Waals surface area (Å²) in [6, 6.07) is 5.84. The summed E-state index contributed by atoms with van der Waals surface area (Å²) >= 11 is 0. The first kappa shape index (κ1) is 20.1. The summed E-state index contributed by atoms with van der Waals surface area (Å²) in [6.07, 6.45) is 0.633. The monoisotopic (exact) mass is 409 g/mol. The molecule has 0 unspecified atom stereocenters. The average molecular weight is 409 g/mol. The lowest BCUT2D eigenvalue weighted by molar-refractivity contribution is 0.350. The molecule has 0 bridgehead atoms. The van der Waals surface area contributed by atoms with Gasteiger partial charge >= 0.3 is 0 Å². The zero-order chi connectivity index (χ0) is 22.2. The second-order valence-electron chi connectivity index (χ2n) is 10.1. The predicted molar refractivity (Wildman–Crippen MR) is 117 cm³/mol. The Labute approximate surface area is 174 Å². The minimum Gasteiger partial charge on any atom is -0.503 e. The third kappa shape index (κ3) is 2.96. The Kier molecular flexibility index (Phi) is 4.11. The van der Waals surface area contributed by atoms with Crippen LogP contribution < -0.4 is 0 Å². The van der Waals surface area contributed by atoms with Gasteiger partial charge < -0.3 is 20.4 Å². The van der Waals surface area contributed by atoms with Crippen LogP contribution in [0.2, 0.25) is 0 Å². The van der Waals surface area contributed by atoms with Gasteiger partial charge in [0.2, 0.25) is 11.5 Å². The number of phenolic OH excluding ortho intramolecular Hbond substituents is 4. The van der Waals surface area contributed by atoms with E-state index in [1.165, 1.54) is 0 Å². The number of fused-ring (bicyclic) bond motifs is 5. The fourth-order valence-corrected chi connectivity index (χ4v) is 3.80. The van der Waals surface area contributed by atoms with Gasteiger partial charge in [-0.1, -0.05) is 41.5 Å². The second kappa shape index (κ2) is 6.14. The molecule has 4 aromatic rings. The predicted octanol–water partition coefficient (Wildman–Crippen LogP) is 4.74. The van der Waals surface area contributed by atoms with Gasteiger partial charge in [0.1, 0.15) is 16.7 Å². The number of imidazole rings is 1. The van der Waals surface area contributed by atoms with Crippen molar-refractivity contribution in [2.24, 2.45) is 5.41 Å². The van der Waals surface area contributed by atoms with E-state index in [-0.39, 0.29) is 21.9 Å². The van der Waals surface area contributed by atoms with Crippen LogP contribution in [0.15, 0.2) is 18.2 Å². The topological polar surface area (TPSA) is 111 Å². The maximum Gasteiger partial charge on any atom is 0.206 e. The van der Waals surface area contributed by atoms with Crippen molar-refractivity contribution in [1.82, 2.24) is 14.4 Å². The van der Waals surface area contributed by atoms with Crippen LogP contribution in [0, 0.1) is 5.41 Å². The lowest BCUT2D eigenvalue weighted by Crippen LogP contribution is -2.15. The SMILES string of the molecule is CC(C)(C)Cc1cc2nc(C(C)(C)C)ccc2c2nc3c(O)c(O)c(O)c(O)c3n12. The highest BCUT2D eigenvalue weighted by molar-refractivity contribution is 6.02. The third-order valence-corrected chi connectivity index (χ3v) is 5.23. The Balaban J connectivity index is 2.23. The molecule has 30 heavy (non-hydrogen) atoms. The van der Waals surface area contributed by atoms with Gasteiger partial charge in [0.15, 0.2) is 11.5 Å². The van der Waals surface area contributed by atoms with Crippen LogP contribution in [0.1, 0.15) is 52.9 Å². The van der Waals surface area contributed by atoms with Crippen LogP contribution in [0.5, 0.6) is 23.0 Å². The molecule has 0 aliphatic rings. The lowest BCUT2D eigenvalue weighted by Gasteiger charge is -2.21. The Morgan fingerprint density at radius 3 is 2.07 bits per heavy atom. The zero-order valence-electron chi connectivity index (χ0n) is 18.1. The summed E-state index contributed by atoms with van der Waals surface area (Å²) in [5.74, 6) is -2.66. The van der Waals surface area contributed by atoms with Crippen LogP contribution in [0.25, 0.3) is 27.6 Å². The Morgan fingerprint density at radius 2 is 1.47 bits per heavy atom. The molecule has 3 aromatic heterocycles. The Morgan fingerprint density at radius 1 is 0.833 bits per heavy atom. The van der Waals surface area contributed by atoms with Gasteiger partial charge in [-0.15, -0.1) is 0 Å². The average Bonchev–Trinajstić information content (AvgIpc) is 3.03. The normalized spacial score (nSPS) is 13.0. The minimum atomic E-state index is -0.793. The molecule has 0 atom stereocenters. The molecule has 0 radical (unpaired) electrons. The molecule has 4 N–H and O–H groups in total. The molecule has 158 valence electrons. The van der Waals surface area contributed by atoms with Crippen molar-refractivity contribution in [2.75, 3.05) is 0 Å². The van der Waals surface area contributed by atoms with E-state index in [0.717, 1.165) is 22.3 Å². The highest BCUT2D eigenvalue weighted by Crippen LogP contribution is 2.49. The largest absolute Gasteiger partial charge is 0.503 e. The molecular weight excluding hydrogens is 382 g/mol. The molecule has 3 heterocycles. The van der Waals surface area contributed by atoms with Crippen LogP contribution in [0.4, 0.5) is 0 Å². The van der Waals surface area contributed by atoms with Gasteiger partial charge in [0, 0.05) is 22.2 Å². The Hall–Kier alpha value is -3.22. The number of benzene rings is 1. The number of aromatic hydroxyl groups is 4. The highest BCUT2D eigenvalue weighted by atomic mass is 16.3. The first-order valence-corrected chi connectivity index (χ1v) is 9.90. The van der Waals surface area contributed by atoms with Crippen LogP contribution >= 0.6 is 0 Å². The second-order valence-corrected chi connectivity index (χ2v) is 10.1. The van der Waals surface area contributed by atoms with Crippen molar-refractivity contribution in [2.45, 2.75) is 53.4 Å². The molecule has 0 fully saturated rings. The molecule has 1 aromatic carbocycles. The molecule has 0 saturated heterocycles. The molecule has 4 rings (SSSR count). The fourth-order valence-electron chi connectivity index (χ4n) is 3.80. The van der Waals surface area contributed by atoms with Crippen molar-refractivity contribution in [1.29, 1.82) is 0 Å². The number of pyridine rings is 2. The van der Waals surface area contributed by atoms with Crippen LogP contribution in [-0.4, -0.2) is 34.8 Å². The van der Waals surface area contributed by atoms with Gasteiger partial charge in [-0.3, -0.25) is 9.38 Å². The van der Waals surface area contributed by atoms with Gasteiger partial charge in [-0.05, 0) is 30.0 Å². The maximum atomic E-state index is 10.6. The van der Waals surface area contributed by atoms with Gasteiger partial charge in [-0.25, -0.2) is 4.98 Å². The van der Waals surface area contributed by atoms with Crippen LogP contribution in [0.3, 0.4) is 0 Å². The first-order chi connectivity index (χ1) is 13.8. The van der Waals surface area contributed by atoms with Crippen molar-refractivity contribution in [3.8, 4) is 23.0 Å². The van der Waals surface area contributed by atoms with Crippen LogP contribution in [-0.2, 0) is 11.8 Å². The molecule has 7 heteroatoms. The number of phenols is 4. The number of hydrogen-bond acceptors (Lipinski definition) is 6. The Bertz CT molecular complexity index is 1320. The molecule has 0 saturated carbocycles. The van der Waals surface area contributed by atoms with E-state index in [9.17, 15) is 20.4 Å². The zero-order valence-corrected chi connectivity index (χ0v) is 18.1. The lowest BCUT2D eigenvalue weighted by atomic mass is 9.89. The minimum absolute atomic E-state index is 0.0188. The summed E-state index contributed by atoms with van der Waals surface area (Å²) in [6.45, 7) is 12.6. The maximum absolute atomic E-state index is 10.6. The van der Waals surface area contributed by atoms with Crippen molar-refractivity contribution < 1.29 is 20.4 Å². The summed E-state index contributed by atoms with van der Waals surface area (Å²) in [5, 5.41) is 41.8. The van der Waals surface area contributed by atoms with Crippen molar-refractivity contribution in [3.63, 3.8) is 0 Å². The molecule has 0 spiro atoms. The van der Waals surface area contributed by atoms with E-state index in [2.05, 4.69) is 46.5 Å². The third-order valence-electron chi connectivity index (χ3n) is 5.23. The molecular formula is C23H27N3O4. The van der Waals surface area contributed by atoms with Gasteiger partial charge in [0.25, 0.3) is 0 Å². The van der Waals surface area contributed by atoms with Crippen molar-refractivity contribution >= 4 is 27.6 Å². The van der Waals surface area contributed by atoms with Crippen molar-refractivity contribution in [3.05, 3.63) is 29.6 Å². The summed E-state index contributed by atoms with van der Waals surface area (Å²) < 4.78 is 1.73. The number of nitrogens with zero attached hydrogens (tertiary/aromatic N) is 3. The van der Waals surface area contributed by atoms with E-state index in [1.54, 1.807) is 4.40 Å². The quantitative estimate of drug-likeness (QED) is 0.267. The number of hydrogen-bond donors (Lipinski definition) is 4. The fraction of sp³-hybridized carbons (Fsp3) is 0.391. The van der Waals surface area contributed by atoms with E-state index in [1.807, 2.05) is 18.2 Å². The van der Waals surface area contributed by atoms with E-state index in [4.69, 9.17) is 4.98 Å². The van der Waals surface area contributed by atoms with Gasteiger partial charge in [-0.2, -0.15) is 0 Å². The van der Waals surface area contributed by atoms with E-state index >= 15 is 0 Å². The summed E-state index contributed by atoms with van der Waals surface area (Å²) in [4.78, 5) is 9.39. The number of rotatable bonds is 1.